The van der Waals surface area contributed by atoms with Crippen LogP contribution < -0.4 is 0 Å². The Morgan fingerprint density at radius 2 is 1.66 bits per heavy atom. The zero-order chi connectivity index (χ0) is 20.5. The van der Waals surface area contributed by atoms with Gasteiger partial charge in [0.2, 0.25) is 0 Å². The standard InChI is InChI=1S/C28H35F/c1-3-5-6-7-8-27-20-15-24(21-28(27)29)10-9-23-13-18-26(19-14-23)25-16-11-22(4-2)12-17-25/h11-12,15-17,20-21,23,26H,3-8,13-14,18-19H2,1-2H3/t23-,26-. The van der Waals surface area contributed by atoms with Gasteiger partial charge >= 0.3 is 0 Å². The third kappa shape index (κ3) is 6.46. The molecule has 0 nitrogen and oxygen atoms in total. The van der Waals surface area contributed by atoms with E-state index in [9.17, 15) is 4.39 Å². The van der Waals surface area contributed by atoms with Crippen molar-refractivity contribution in [3.8, 4) is 11.8 Å². The third-order valence-corrected chi connectivity index (χ3v) is 6.36. The molecule has 0 N–H and O–H groups in total. The Kier molecular flexibility index (Phi) is 8.36. The van der Waals surface area contributed by atoms with Crippen molar-refractivity contribution in [2.75, 3.05) is 0 Å². The van der Waals surface area contributed by atoms with Crippen molar-refractivity contribution in [1.29, 1.82) is 0 Å². The molecule has 0 saturated heterocycles. The van der Waals surface area contributed by atoms with Crippen molar-refractivity contribution in [3.05, 3.63) is 70.5 Å². The summed E-state index contributed by atoms with van der Waals surface area (Å²) in [5.74, 6) is 7.68. The van der Waals surface area contributed by atoms with Gasteiger partial charge < -0.3 is 0 Å². The van der Waals surface area contributed by atoms with Gasteiger partial charge in [0.15, 0.2) is 0 Å². The van der Waals surface area contributed by atoms with Crippen LogP contribution in [0, 0.1) is 23.6 Å². The number of benzene rings is 2. The van der Waals surface area contributed by atoms with Gasteiger partial charge in [-0.1, -0.05) is 75.3 Å². The fraction of sp³-hybridized carbons (Fsp3) is 0.500. The van der Waals surface area contributed by atoms with Crippen LogP contribution >= 0.6 is 0 Å². The lowest BCUT2D eigenvalue weighted by Gasteiger charge is -2.26. The van der Waals surface area contributed by atoms with Gasteiger partial charge in [-0.2, -0.15) is 0 Å². The highest BCUT2D eigenvalue weighted by molar-refractivity contribution is 5.37. The molecule has 0 atom stereocenters. The fourth-order valence-corrected chi connectivity index (χ4v) is 4.35. The molecule has 0 radical (unpaired) electrons. The van der Waals surface area contributed by atoms with E-state index in [4.69, 9.17) is 0 Å². The van der Waals surface area contributed by atoms with E-state index in [0.29, 0.717) is 11.8 Å². The summed E-state index contributed by atoms with van der Waals surface area (Å²) < 4.78 is 14.4. The number of rotatable bonds is 7. The predicted molar refractivity (Wildman–Crippen MR) is 122 cm³/mol. The second-order valence-corrected chi connectivity index (χ2v) is 8.53. The van der Waals surface area contributed by atoms with E-state index in [1.54, 1.807) is 6.07 Å². The van der Waals surface area contributed by atoms with Gasteiger partial charge in [-0.25, -0.2) is 4.39 Å². The summed E-state index contributed by atoms with van der Waals surface area (Å²) in [6.07, 6.45) is 11.3. The number of hydrogen-bond donors (Lipinski definition) is 0. The highest BCUT2D eigenvalue weighted by atomic mass is 19.1. The van der Waals surface area contributed by atoms with Crippen molar-refractivity contribution in [2.45, 2.75) is 84.0 Å². The van der Waals surface area contributed by atoms with Gasteiger partial charge in [0.1, 0.15) is 5.82 Å². The Bertz CT molecular complexity index is 814. The molecule has 2 aromatic rings. The molecule has 1 aliphatic rings. The highest BCUT2D eigenvalue weighted by Crippen LogP contribution is 2.35. The largest absolute Gasteiger partial charge is 0.207 e. The number of hydrogen-bond acceptors (Lipinski definition) is 0. The topological polar surface area (TPSA) is 0 Å². The summed E-state index contributed by atoms with van der Waals surface area (Å²) in [5, 5.41) is 0. The molecule has 3 rings (SSSR count). The highest BCUT2D eigenvalue weighted by Gasteiger charge is 2.21. The first-order valence-electron chi connectivity index (χ1n) is 11.6. The minimum Gasteiger partial charge on any atom is -0.207 e. The fourth-order valence-electron chi connectivity index (χ4n) is 4.35. The molecular formula is C28H35F. The van der Waals surface area contributed by atoms with Crippen LogP contribution in [0.2, 0.25) is 0 Å². The van der Waals surface area contributed by atoms with Crippen LogP contribution in [0.4, 0.5) is 4.39 Å². The molecule has 154 valence electrons. The Morgan fingerprint density at radius 3 is 2.31 bits per heavy atom. The van der Waals surface area contributed by atoms with Gasteiger partial charge in [-0.05, 0) is 79.7 Å². The number of unbranched alkanes of at least 4 members (excludes halogenated alkanes) is 3. The van der Waals surface area contributed by atoms with Gasteiger partial charge in [0.05, 0.1) is 0 Å². The molecule has 1 aliphatic carbocycles. The lowest BCUT2D eigenvalue weighted by Crippen LogP contribution is -2.12. The Hall–Kier alpha value is -2.07. The SMILES string of the molecule is CCCCCCc1ccc(C#C[C@H]2CC[C@H](c3ccc(CC)cc3)CC2)cc1F. The van der Waals surface area contributed by atoms with Crippen LogP contribution in [0.15, 0.2) is 42.5 Å². The predicted octanol–water partition coefficient (Wildman–Crippen LogP) is 7.84. The first-order valence-corrected chi connectivity index (χ1v) is 11.6. The molecule has 1 fully saturated rings. The summed E-state index contributed by atoms with van der Waals surface area (Å²) >= 11 is 0. The monoisotopic (exact) mass is 390 g/mol. The Morgan fingerprint density at radius 1 is 0.897 bits per heavy atom. The van der Waals surface area contributed by atoms with Crippen LogP contribution in [0.3, 0.4) is 0 Å². The quantitative estimate of drug-likeness (QED) is 0.334. The summed E-state index contributed by atoms with van der Waals surface area (Å²) in [7, 11) is 0. The van der Waals surface area contributed by atoms with Crippen molar-refractivity contribution >= 4 is 0 Å². The van der Waals surface area contributed by atoms with E-state index in [-0.39, 0.29) is 5.82 Å². The molecule has 0 heterocycles. The van der Waals surface area contributed by atoms with E-state index in [1.807, 2.05) is 12.1 Å². The molecule has 0 unspecified atom stereocenters. The van der Waals surface area contributed by atoms with Gasteiger partial charge in [-0.15, -0.1) is 0 Å². The van der Waals surface area contributed by atoms with Crippen molar-refractivity contribution < 1.29 is 4.39 Å². The molecule has 0 bridgehead atoms. The van der Waals surface area contributed by atoms with Crippen LogP contribution in [-0.4, -0.2) is 0 Å². The summed E-state index contributed by atoms with van der Waals surface area (Å²) in [4.78, 5) is 0. The lowest BCUT2D eigenvalue weighted by atomic mass is 9.79. The van der Waals surface area contributed by atoms with Crippen LogP contribution in [-0.2, 0) is 12.8 Å². The number of aryl methyl sites for hydroxylation is 2. The normalized spacial score (nSPS) is 18.9. The Balaban J connectivity index is 1.51. The smallest absolute Gasteiger partial charge is 0.127 e. The van der Waals surface area contributed by atoms with Crippen LogP contribution in [0.5, 0.6) is 0 Å². The molecule has 0 aliphatic heterocycles. The first kappa shape index (κ1) is 21.6. The molecule has 0 spiro atoms. The van der Waals surface area contributed by atoms with Crippen molar-refractivity contribution in [3.63, 3.8) is 0 Å². The average Bonchev–Trinajstić information content (AvgIpc) is 2.77. The summed E-state index contributed by atoms with van der Waals surface area (Å²) in [6.45, 7) is 4.40. The zero-order valence-electron chi connectivity index (χ0n) is 18.1. The minimum atomic E-state index is -0.0902. The van der Waals surface area contributed by atoms with Gasteiger partial charge in [0.25, 0.3) is 0 Å². The zero-order valence-corrected chi connectivity index (χ0v) is 18.1. The van der Waals surface area contributed by atoms with E-state index >= 15 is 0 Å². The summed E-state index contributed by atoms with van der Waals surface area (Å²) in [6, 6.07) is 14.7. The first-order chi connectivity index (χ1) is 14.2. The molecule has 1 heteroatoms. The Labute approximate surface area is 176 Å². The molecule has 29 heavy (non-hydrogen) atoms. The third-order valence-electron chi connectivity index (χ3n) is 6.36. The molecule has 0 aromatic heterocycles. The van der Waals surface area contributed by atoms with Gasteiger partial charge in [0, 0.05) is 11.5 Å². The van der Waals surface area contributed by atoms with Crippen LogP contribution in [0.1, 0.15) is 93.4 Å². The van der Waals surface area contributed by atoms with Gasteiger partial charge in [-0.3, -0.25) is 0 Å². The molecule has 0 amide bonds. The van der Waals surface area contributed by atoms with E-state index in [1.165, 1.54) is 43.2 Å². The molecular weight excluding hydrogens is 355 g/mol. The maximum atomic E-state index is 14.4. The lowest BCUT2D eigenvalue weighted by molar-refractivity contribution is 0.384. The van der Waals surface area contributed by atoms with Crippen LogP contribution in [0.25, 0.3) is 0 Å². The number of halogens is 1. The minimum absolute atomic E-state index is 0.0902. The maximum Gasteiger partial charge on any atom is 0.127 e. The van der Waals surface area contributed by atoms with E-state index in [2.05, 4.69) is 50.0 Å². The summed E-state index contributed by atoms with van der Waals surface area (Å²) in [5.41, 5.74) is 4.54. The van der Waals surface area contributed by atoms with E-state index < -0.39 is 0 Å². The van der Waals surface area contributed by atoms with E-state index in [0.717, 1.165) is 43.2 Å². The second-order valence-electron chi connectivity index (χ2n) is 8.53. The second kappa shape index (κ2) is 11.2. The van der Waals surface area contributed by atoms with Crippen molar-refractivity contribution in [1.82, 2.24) is 0 Å². The maximum absolute atomic E-state index is 14.4. The molecule has 1 saturated carbocycles. The average molecular weight is 391 g/mol. The van der Waals surface area contributed by atoms with Crippen molar-refractivity contribution in [2.24, 2.45) is 5.92 Å². The molecule has 2 aromatic carbocycles.